The van der Waals surface area contributed by atoms with Crippen LogP contribution < -0.4 is 10.1 Å². The number of para-hydroxylation sites is 2. The highest BCUT2D eigenvalue weighted by atomic mass is 16.5. The molecule has 0 aliphatic carbocycles. The van der Waals surface area contributed by atoms with Gasteiger partial charge in [0.2, 0.25) is 17.7 Å². The van der Waals surface area contributed by atoms with Crippen LogP contribution in [0.5, 0.6) is 5.75 Å². The smallest absolute Gasteiger partial charge is 0.249 e. The molecule has 2 aromatic rings. The topological polar surface area (TPSA) is 97.6 Å². The Balaban J connectivity index is 1.63. The molecule has 1 unspecified atom stereocenters. The molecule has 0 radical (unpaired) electrons. The maximum Gasteiger partial charge on any atom is 0.249 e. The first-order valence-electron chi connectivity index (χ1n) is 8.70. The van der Waals surface area contributed by atoms with Gasteiger partial charge < -0.3 is 19.5 Å². The predicted molar refractivity (Wildman–Crippen MR) is 93.6 cm³/mol. The Bertz CT molecular complexity index is 789. The minimum atomic E-state index is -0.380. The van der Waals surface area contributed by atoms with Gasteiger partial charge in [-0.2, -0.15) is 4.98 Å². The second-order valence-corrected chi connectivity index (χ2v) is 6.08. The molecule has 26 heavy (non-hydrogen) atoms. The summed E-state index contributed by atoms with van der Waals surface area (Å²) in [5, 5.41) is 6.53. The van der Waals surface area contributed by atoms with E-state index in [4.69, 9.17) is 9.26 Å². The third kappa shape index (κ3) is 4.01. The van der Waals surface area contributed by atoms with Gasteiger partial charge in [0.1, 0.15) is 18.2 Å². The van der Waals surface area contributed by atoms with Gasteiger partial charge in [0.15, 0.2) is 5.82 Å². The Morgan fingerprint density at radius 2 is 2.19 bits per heavy atom. The van der Waals surface area contributed by atoms with E-state index in [9.17, 15) is 9.59 Å². The number of carbonyl (C=O) groups is 2. The first-order chi connectivity index (χ1) is 12.6. The molecule has 138 valence electrons. The summed E-state index contributed by atoms with van der Waals surface area (Å²) < 4.78 is 10.7. The minimum absolute atomic E-state index is 0.246. The monoisotopic (exact) mass is 358 g/mol. The summed E-state index contributed by atoms with van der Waals surface area (Å²) >= 11 is 0. The van der Waals surface area contributed by atoms with Crippen molar-refractivity contribution in [1.82, 2.24) is 15.0 Å². The Hall–Kier alpha value is -2.90. The van der Waals surface area contributed by atoms with Crippen molar-refractivity contribution >= 4 is 17.5 Å². The molecule has 1 aliphatic heterocycles. The van der Waals surface area contributed by atoms with Gasteiger partial charge in [-0.05, 0) is 38.8 Å². The fourth-order valence-electron chi connectivity index (χ4n) is 3.05. The van der Waals surface area contributed by atoms with Crippen molar-refractivity contribution in [2.45, 2.75) is 39.2 Å². The van der Waals surface area contributed by atoms with Crippen molar-refractivity contribution in [3.63, 3.8) is 0 Å². The Morgan fingerprint density at radius 1 is 1.38 bits per heavy atom. The highest BCUT2D eigenvalue weighted by Crippen LogP contribution is 2.31. The van der Waals surface area contributed by atoms with Gasteiger partial charge in [-0.1, -0.05) is 17.3 Å². The van der Waals surface area contributed by atoms with E-state index in [0.717, 1.165) is 12.8 Å². The summed E-state index contributed by atoms with van der Waals surface area (Å²) in [6, 6.07) is 6.89. The Labute approximate surface area is 151 Å². The van der Waals surface area contributed by atoms with E-state index in [1.54, 1.807) is 30.0 Å². The lowest BCUT2D eigenvalue weighted by molar-refractivity contribution is -0.135. The van der Waals surface area contributed by atoms with Crippen molar-refractivity contribution in [2.24, 2.45) is 0 Å². The predicted octanol–water partition coefficient (Wildman–Crippen LogP) is 2.47. The normalized spacial score (nSPS) is 16.5. The lowest BCUT2D eigenvalue weighted by atomic mass is 10.2. The summed E-state index contributed by atoms with van der Waals surface area (Å²) in [6.07, 6.45) is 1.35. The maximum absolute atomic E-state index is 12.6. The summed E-state index contributed by atoms with van der Waals surface area (Å²) in [7, 11) is 0. The van der Waals surface area contributed by atoms with Crippen LogP contribution in [0.2, 0.25) is 0 Å². The average molecular weight is 358 g/mol. The number of nitrogens with zero attached hydrogens (tertiary/aromatic N) is 3. The highest BCUT2D eigenvalue weighted by molar-refractivity contribution is 6.04. The van der Waals surface area contributed by atoms with E-state index in [1.165, 1.54) is 0 Å². The van der Waals surface area contributed by atoms with Crippen molar-refractivity contribution in [3.8, 4) is 5.75 Å². The number of benzene rings is 1. The van der Waals surface area contributed by atoms with Gasteiger partial charge >= 0.3 is 0 Å². The second kappa shape index (κ2) is 7.99. The largest absolute Gasteiger partial charge is 0.492 e. The van der Waals surface area contributed by atoms with Crippen LogP contribution in [-0.4, -0.2) is 40.0 Å². The van der Waals surface area contributed by atoms with E-state index < -0.39 is 0 Å². The fraction of sp³-hybridized carbons (Fsp3) is 0.444. The lowest BCUT2D eigenvalue weighted by Gasteiger charge is -2.21. The number of nitrogens with one attached hydrogen (secondary N) is 1. The molecule has 1 atom stereocenters. The van der Waals surface area contributed by atoms with Crippen LogP contribution in [0.3, 0.4) is 0 Å². The second-order valence-electron chi connectivity index (χ2n) is 6.08. The molecule has 8 heteroatoms. The average Bonchev–Trinajstić information content (AvgIpc) is 3.25. The summed E-state index contributed by atoms with van der Waals surface area (Å²) in [6.45, 7) is 4.67. The third-order valence-corrected chi connectivity index (χ3v) is 4.17. The van der Waals surface area contributed by atoms with E-state index >= 15 is 0 Å². The van der Waals surface area contributed by atoms with Crippen LogP contribution >= 0.6 is 0 Å². The van der Waals surface area contributed by atoms with Crippen LogP contribution in [-0.2, 0) is 9.59 Å². The van der Waals surface area contributed by atoms with Gasteiger partial charge in [0.05, 0.1) is 12.3 Å². The molecule has 0 saturated carbocycles. The molecule has 1 fully saturated rings. The van der Waals surface area contributed by atoms with E-state index in [0.29, 0.717) is 36.3 Å². The van der Waals surface area contributed by atoms with Gasteiger partial charge in [-0.15, -0.1) is 0 Å². The SMILES string of the molecule is CCOc1ccccc1NC(=O)CC(=O)N1CCCC1c1nc(C)no1. The van der Waals surface area contributed by atoms with Crippen LogP contribution in [0.1, 0.15) is 43.9 Å². The number of likely N-dealkylation sites (tertiary alicyclic amines) is 1. The summed E-state index contributed by atoms with van der Waals surface area (Å²) in [5.41, 5.74) is 0.553. The number of aromatic nitrogens is 2. The minimum Gasteiger partial charge on any atom is -0.492 e. The molecule has 8 nitrogen and oxygen atoms in total. The summed E-state index contributed by atoms with van der Waals surface area (Å²) in [4.78, 5) is 30.8. The first kappa shape index (κ1) is 17.9. The molecule has 1 N–H and O–H groups in total. The number of rotatable bonds is 6. The molecule has 2 heterocycles. The van der Waals surface area contributed by atoms with Crippen molar-refractivity contribution < 1.29 is 18.8 Å². The quantitative estimate of drug-likeness (QED) is 0.797. The zero-order valence-corrected chi connectivity index (χ0v) is 14.9. The van der Waals surface area contributed by atoms with Gasteiger partial charge in [-0.3, -0.25) is 9.59 Å². The van der Waals surface area contributed by atoms with E-state index in [2.05, 4.69) is 15.5 Å². The molecule has 1 aliphatic rings. The van der Waals surface area contributed by atoms with Gasteiger partial charge in [0.25, 0.3) is 0 Å². The number of anilines is 1. The number of ether oxygens (including phenoxy) is 1. The lowest BCUT2D eigenvalue weighted by Crippen LogP contribution is -2.33. The van der Waals surface area contributed by atoms with E-state index in [-0.39, 0.29) is 24.3 Å². The van der Waals surface area contributed by atoms with Gasteiger partial charge in [0, 0.05) is 6.54 Å². The van der Waals surface area contributed by atoms with Gasteiger partial charge in [-0.25, -0.2) is 0 Å². The number of aryl methyl sites for hydroxylation is 1. The number of hydrogen-bond acceptors (Lipinski definition) is 6. The maximum atomic E-state index is 12.6. The number of amides is 2. The number of carbonyl (C=O) groups excluding carboxylic acids is 2. The molecule has 1 aromatic heterocycles. The molecule has 3 rings (SSSR count). The molecular weight excluding hydrogens is 336 g/mol. The van der Waals surface area contributed by atoms with Crippen molar-refractivity contribution in [3.05, 3.63) is 36.0 Å². The van der Waals surface area contributed by atoms with Crippen LogP contribution in [0.4, 0.5) is 5.69 Å². The Kier molecular flexibility index (Phi) is 5.50. The first-order valence-corrected chi connectivity index (χ1v) is 8.70. The molecule has 2 amide bonds. The molecule has 0 bridgehead atoms. The standard InChI is InChI=1S/C18H22N4O4/c1-3-25-15-9-5-4-7-13(15)20-16(23)11-17(24)22-10-6-8-14(22)18-19-12(2)21-26-18/h4-5,7,9,14H,3,6,8,10-11H2,1-2H3,(H,20,23). The third-order valence-electron chi connectivity index (χ3n) is 4.17. The zero-order valence-electron chi connectivity index (χ0n) is 14.9. The molecular formula is C18H22N4O4. The van der Waals surface area contributed by atoms with Crippen molar-refractivity contribution in [1.29, 1.82) is 0 Å². The van der Waals surface area contributed by atoms with Crippen LogP contribution in [0, 0.1) is 6.92 Å². The number of hydrogen-bond donors (Lipinski definition) is 1. The molecule has 1 aromatic carbocycles. The van der Waals surface area contributed by atoms with Crippen molar-refractivity contribution in [2.75, 3.05) is 18.5 Å². The Morgan fingerprint density at radius 3 is 2.92 bits per heavy atom. The van der Waals surface area contributed by atoms with Crippen LogP contribution in [0.25, 0.3) is 0 Å². The van der Waals surface area contributed by atoms with Crippen LogP contribution in [0.15, 0.2) is 28.8 Å². The van der Waals surface area contributed by atoms with E-state index in [1.807, 2.05) is 13.0 Å². The zero-order chi connectivity index (χ0) is 18.5. The fourth-order valence-corrected chi connectivity index (χ4v) is 3.05. The molecule has 0 spiro atoms. The molecule has 1 saturated heterocycles. The highest BCUT2D eigenvalue weighted by Gasteiger charge is 2.34. The summed E-state index contributed by atoms with van der Waals surface area (Å²) in [5.74, 6) is 0.903.